The molecule has 2 aliphatic heterocycles. The Labute approximate surface area is 277 Å². The Balaban J connectivity index is 1.41. The van der Waals surface area contributed by atoms with Gasteiger partial charge in [0.1, 0.15) is 17.8 Å². The van der Waals surface area contributed by atoms with E-state index in [0.717, 1.165) is 47.3 Å². The lowest BCUT2D eigenvalue weighted by atomic mass is 9.94. The van der Waals surface area contributed by atoms with Gasteiger partial charge in [-0.05, 0) is 86.3 Å². The molecule has 1 saturated heterocycles. The summed E-state index contributed by atoms with van der Waals surface area (Å²) in [6.45, 7) is 5.72. The number of carbonyl (C=O) groups is 4. The first-order chi connectivity index (χ1) is 22.8. The van der Waals surface area contributed by atoms with Gasteiger partial charge >= 0.3 is 0 Å². The lowest BCUT2D eigenvalue weighted by Gasteiger charge is -2.34. The Morgan fingerprint density at radius 2 is 1.72 bits per heavy atom. The Kier molecular flexibility index (Phi) is 11.7. The van der Waals surface area contributed by atoms with Gasteiger partial charge in [0.15, 0.2) is 0 Å². The number of amides is 4. The van der Waals surface area contributed by atoms with Crippen molar-refractivity contribution in [3.8, 4) is 5.75 Å². The van der Waals surface area contributed by atoms with Crippen molar-refractivity contribution in [2.24, 2.45) is 5.92 Å². The van der Waals surface area contributed by atoms with Gasteiger partial charge < -0.3 is 25.6 Å². The molecule has 0 saturated carbocycles. The normalized spacial score (nSPS) is 21.7. The number of hydrogen-bond donors (Lipinski definition) is 3. The van der Waals surface area contributed by atoms with Crippen LogP contribution >= 0.6 is 0 Å². The third kappa shape index (κ3) is 9.44. The van der Waals surface area contributed by atoms with Crippen molar-refractivity contribution in [2.45, 2.75) is 76.9 Å². The largest absolute Gasteiger partial charge is 0.494 e. The van der Waals surface area contributed by atoms with E-state index in [4.69, 9.17) is 4.74 Å². The summed E-state index contributed by atoms with van der Waals surface area (Å²) in [4.78, 5) is 56.6. The van der Waals surface area contributed by atoms with Crippen molar-refractivity contribution < 1.29 is 23.9 Å². The highest BCUT2D eigenvalue weighted by molar-refractivity contribution is 5.96. The van der Waals surface area contributed by atoms with Crippen molar-refractivity contribution in [3.63, 3.8) is 0 Å². The van der Waals surface area contributed by atoms with Gasteiger partial charge in [-0.25, -0.2) is 0 Å². The van der Waals surface area contributed by atoms with Gasteiger partial charge in [-0.15, -0.1) is 0 Å². The van der Waals surface area contributed by atoms with Crippen LogP contribution in [0.3, 0.4) is 0 Å². The maximum absolute atomic E-state index is 14.0. The first-order valence-electron chi connectivity index (χ1n) is 16.7. The Bertz CT molecular complexity index is 1530. The fourth-order valence-corrected chi connectivity index (χ4v) is 6.30. The molecule has 3 N–H and O–H groups in total. The molecule has 9 nitrogen and oxygen atoms in total. The van der Waals surface area contributed by atoms with Crippen LogP contribution in [0.25, 0.3) is 0 Å². The summed E-state index contributed by atoms with van der Waals surface area (Å²) in [5.41, 5.74) is 3.79. The minimum absolute atomic E-state index is 0.195. The molecule has 3 aromatic carbocycles. The van der Waals surface area contributed by atoms with Crippen molar-refractivity contribution in [1.29, 1.82) is 0 Å². The SMILES string of the molecule is Cc1ccc2cc1CNC(=O)[C@H](CCc1ccccc1)NC(=O)[C@@H](NC(=O)[C@H](C)c1ccccc1)CC(=O)N1CCCC(CCO2)C1. The number of hydrogen-bond acceptors (Lipinski definition) is 5. The number of fused-ring (bicyclic) bond motifs is 4. The van der Waals surface area contributed by atoms with Gasteiger partial charge in [0, 0.05) is 19.6 Å². The summed E-state index contributed by atoms with van der Waals surface area (Å²) in [5.74, 6) is -0.975. The lowest BCUT2D eigenvalue weighted by molar-refractivity contribution is -0.138. The van der Waals surface area contributed by atoms with Gasteiger partial charge in [-0.3, -0.25) is 19.2 Å². The first kappa shape index (κ1) is 33.7. The van der Waals surface area contributed by atoms with Gasteiger partial charge in [-0.2, -0.15) is 0 Å². The first-order valence-corrected chi connectivity index (χ1v) is 16.7. The predicted octanol–water partition coefficient (Wildman–Crippen LogP) is 4.43. The molecule has 9 heteroatoms. The molecule has 4 bridgehead atoms. The minimum Gasteiger partial charge on any atom is -0.494 e. The minimum atomic E-state index is -1.14. The topological polar surface area (TPSA) is 117 Å². The summed E-state index contributed by atoms with van der Waals surface area (Å²) >= 11 is 0. The molecule has 0 aliphatic carbocycles. The third-order valence-corrected chi connectivity index (χ3v) is 9.34. The van der Waals surface area contributed by atoms with E-state index in [-0.39, 0.29) is 36.6 Å². The van der Waals surface area contributed by atoms with E-state index >= 15 is 0 Å². The van der Waals surface area contributed by atoms with Crippen LogP contribution in [0.15, 0.2) is 78.9 Å². The van der Waals surface area contributed by atoms with Crippen LogP contribution in [-0.2, 0) is 32.1 Å². The maximum atomic E-state index is 14.0. The number of rotatable bonds is 6. The maximum Gasteiger partial charge on any atom is 0.243 e. The van der Waals surface area contributed by atoms with E-state index in [9.17, 15) is 19.2 Å². The van der Waals surface area contributed by atoms with Crippen molar-refractivity contribution in [1.82, 2.24) is 20.9 Å². The molecule has 4 atom stereocenters. The second-order valence-electron chi connectivity index (χ2n) is 12.8. The van der Waals surface area contributed by atoms with Crippen LogP contribution in [0.5, 0.6) is 5.75 Å². The van der Waals surface area contributed by atoms with Crippen LogP contribution in [-0.4, -0.2) is 60.3 Å². The van der Waals surface area contributed by atoms with Crippen LogP contribution in [0.2, 0.25) is 0 Å². The zero-order chi connectivity index (χ0) is 33.2. The van der Waals surface area contributed by atoms with E-state index in [1.54, 1.807) is 11.8 Å². The molecule has 248 valence electrons. The Hall–Kier alpha value is -4.66. The molecule has 1 unspecified atom stereocenters. The Morgan fingerprint density at radius 1 is 0.979 bits per heavy atom. The standard InChI is InChI=1S/C38H46N4O5/c1-26-15-17-32-22-31(26)24-39-37(45)33(18-16-28-10-5-3-6-11-28)40-38(46)34(41-36(44)27(2)30-13-7-4-8-14-30)23-35(43)42-20-9-12-29(25-42)19-21-47-32/h3-8,10-11,13-15,17,22,27,29,33-34H,9,12,16,18-21,23-25H2,1-2H3,(H,39,45)(H,40,46)(H,41,44)/t27-,29?,33+,34+/m1/s1. The summed E-state index contributed by atoms with van der Waals surface area (Å²) < 4.78 is 6.11. The summed E-state index contributed by atoms with van der Waals surface area (Å²) in [6.07, 6.45) is 3.35. The molecule has 2 aliphatic rings. The zero-order valence-electron chi connectivity index (χ0n) is 27.4. The molecule has 5 rings (SSSR count). The second kappa shape index (κ2) is 16.3. The number of nitrogens with zero attached hydrogens (tertiary/aromatic N) is 1. The van der Waals surface area contributed by atoms with Crippen LogP contribution in [0.1, 0.15) is 67.2 Å². The second-order valence-corrected chi connectivity index (χ2v) is 12.8. The van der Waals surface area contributed by atoms with Crippen molar-refractivity contribution >= 4 is 23.6 Å². The number of benzene rings is 3. The molecule has 3 aromatic rings. The van der Waals surface area contributed by atoms with E-state index in [1.165, 1.54) is 0 Å². The molecule has 0 radical (unpaired) electrons. The molecule has 0 spiro atoms. The van der Waals surface area contributed by atoms with Crippen molar-refractivity contribution in [2.75, 3.05) is 19.7 Å². The quantitative estimate of drug-likeness (QED) is 0.370. The highest BCUT2D eigenvalue weighted by atomic mass is 16.5. The van der Waals surface area contributed by atoms with E-state index in [0.29, 0.717) is 32.5 Å². The fraction of sp³-hybridized carbons (Fsp3) is 0.421. The van der Waals surface area contributed by atoms with Crippen LogP contribution < -0.4 is 20.7 Å². The number of ether oxygens (including phenoxy) is 1. The molecule has 0 aromatic heterocycles. The van der Waals surface area contributed by atoms with Gasteiger partial charge in [0.25, 0.3) is 0 Å². The molecular formula is C38H46N4O5. The lowest BCUT2D eigenvalue weighted by Crippen LogP contribution is -2.55. The molecule has 4 amide bonds. The number of nitrogens with one attached hydrogen (secondary N) is 3. The summed E-state index contributed by atoms with van der Waals surface area (Å²) in [6, 6.07) is 22.9. The summed E-state index contributed by atoms with van der Waals surface area (Å²) in [7, 11) is 0. The van der Waals surface area contributed by atoms with Gasteiger partial charge in [0.2, 0.25) is 23.6 Å². The molecule has 2 heterocycles. The average molecular weight is 639 g/mol. The molecule has 1 fully saturated rings. The monoisotopic (exact) mass is 638 g/mol. The van der Waals surface area contributed by atoms with Gasteiger partial charge in [0.05, 0.1) is 18.9 Å². The Morgan fingerprint density at radius 3 is 2.49 bits per heavy atom. The fourth-order valence-electron chi connectivity index (χ4n) is 6.30. The number of carbonyl (C=O) groups excluding carboxylic acids is 4. The summed E-state index contributed by atoms with van der Waals surface area (Å²) in [5, 5.41) is 8.78. The van der Waals surface area contributed by atoms with Crippen LogP contribution in [0, 0.1) is 12.8 Å². The average Bonchev–Trinajstić information content (AvgIpc) is 3.09. The highest BCUT2D eigenvalue weighted by Gasteiger charge is 2.33. The predicted molar refractivity (Wildman–Crippen MR) is 181 cm³/mol. The zero-order valence-corrected chi connectivity index (χ0v) is 27.4. The highest BCUT2D eigenvalue weighted by Crippen LogP contribution is 2.23. The van der Waals surface area contributed by atoms with Crippen molar-refractivity contribution in [3.05, 3.63) is 101 Å². The van der Waals surface area contributed by atoms with E-state index < -0.39 is 23.9 Å². The third-order valence-electron chi connectivity index (χ3n) is 9.34. The molecular weight excluding hydrogens is 592 g/mol. The van der Waals surface area contributed by atoms with E-state index in [2.05, 4.69) is 16.0 Å². The van der Waals surface area contributed by atoms with Gasteiger partial charge in [-0.1, -0.05) is 66.7 Å². The number of aryl methyl sites for hydroxylation is 2. The van der Waals surface area contributed by atoms with Crippen LogP contribution in [0.4, 0.5) is 0 Å². The number of piperidine rings is 1. The smallest absolute Gasteiger partial charge is 0.243 e. The van der Waals surface area contributed by atoms with E-state index in [1.807, 2.05) is 85.8 Å². The molecule has 47 heavy (non-hydrogen) atoms.